The summed E-state index contributed by atoms with van der Waals surface area (Å²) < 4.78 is 18.9. The number of carboxylic acids is 1. The second-order valence-corrected chi connectivity index (χ2v) is 7.60. The Morgan fingerprint density at radius 1 is 1.09 bits per heavy atom. The molecule has 0 bridgehead atoms. The van der Waals surface area contributed by atoms with Gasteiger partial charge in [0, 0.05) is 25.2 Å². The van der Waals surface area contributed by atoms with Crippen LogP contribution >= 0.6 is 0 Å². The number of amides is 2. The zero-order valence-electron chi connectivity index (χ0n) is 17.9. The third kappa shape index (κ3) is 6.06. The second-order valence-electron chi connectivity index (χ2n) is 7.60. The van der Waals surface area contributed by atoms with E-state index in [-0.39, 0.29) is 25.3 Å². The number of hydrogen-bond donors (Lipinski definition) is 3. The molecule has 1 aliphatic rings. The molecule has 10 heteroatoms. The van der Waals surface area contributed by atoms with Crippen molar-refractivity contribution in [3.05, 3.63) is 65.5 Å². The highest BCUT2D eigenvalue weighted by atomic mass is 19.1. The maximum absolute atomic E-state index is 13.3. The molecule has 3 rings (SSSR count). The zero-order chi connectivity index (χ0) is 24.0. The fourth-order valence-corrected chi connectivity index (χ4v) is 3.63. The minimum Gasteiger partial charge on any atom is -0.494 e. The third-order valence-corrected chi connectivity index (χ3v) is 5.35. The number of aliphatic carboxylic acids is 1. The summed E-state index contributed by atoms with van der Waals surface area (Å²) in [6.07, 6.45) is 0.102. The number of amidine groups is 1. The van der Waals surface area contributed by atoms with Gasteiger partial charge in [-0.05, 0) is 48.4 Å². The number of ether oxygens (including phenoxy) is 1. The summed E-state index contributed by atoms with van der Waals surface area (Å²) in [5.74, 6) is -2.52. The highest BCUT2D eigenvalue weighted by Gasteiger charge is 2.37. The molecule has 0 saturated carbocycles. The maximum Gasteiger partial charge on any atom is 0.312 e. The fraction of sp³-hybridized carbons (Fsp3) is 0.304. The molecule has 1 atom stereocenters. The Morgan fingerprint density at radius 2 is 1.76 bits per heavy atom. The summed E-state index contributed by atoms with van der Waals surface area (Å²) in [6, 6.07) is 11.1. The van der Waals surface area contributed by atoms with Crippen molar-refractivity contribution in [3.8, 4) is 5.75 Å². The first-order chi connectivity index (χ1) is 15.8. The van der Waals surface area contributed by atoms with Crippen LogP contribution in [0.2, 0.25) is 0 Å². The molecule has 2 aromatic carbocycles. The maximum atomic E-state index is 13.3. The van der Waals surface area contributed by atoms with Crippen LogP contribution in [0.25, 0.3) is 0 Å². The molecule has 1 saturated heterocycles. The first kappa shape index (κ1) is 23.7. The molecule has 0 aromatic heterocycles. The van der Waals surface area contributed by atoms with E-state index < -0.39 is 29.6 Å². The van der Waals surface area contributed by atoms with Gasteiger partial charge in [-0.3, -0.25) is 19.8 Å². The van der Waals surface area contributed by atoms with Crippen molar-refractivity contribution in [2.75, 3.05) is 26.2 Å². The number of piperazine rings is 1. The van der Waals surface area contributed by atoms with Crippen LogP contribution in [0.1, 0.15) is 30.0 Å². The van der Waals surface area contributed by atoms with Crippen LogP contribution in [0, 0.1) is 11.2 Å². The van der Waals surface area contributed by atoms with Gasteiger partial charge in [-0.25, -0.2) is 4.39 Å². The molecule has 0 radical (unpaired) electrons. The predicted molar refractivity (Wildman–Crippen MR) is 117 cm³/mol. The monoisotopic (exact) mass is 456 g/mol. The van der Waals surface area contributed by atoms with Crippen LogP contribution in [0.3, 0.4) is 0 Å². The van der Waals surface area contributed by atoms with Crippen molar-refractivity contribution in [2.24, 2.45) is 5.73 Å². The Balaban J connectivity index is 1.55. The molecule has 33 heavy (non-hydrogen) atoms. The average Bonchev–Trinajstić information content (AvgIpc) is 2.79. The highest BCUT2D eigenvalue weighted by molar-refractivity contribution is 6.35. The van der Waals surface area contributed by atoms with Crippen molar-refractivity contribution in [1.82, 2.24) is 9.80 Å². The van der Waals surface area contributed by atoms with Gasteiger partial charge in [-0.15, -0.1) is 0 Å². The van der Waals surface area contributed by atoms with E-state index in [0.717, 1.165) is 0 Å². The van der Waals surface area contributed by atoms with E-state index in [1.165, 1.54) is 34.1 Å². The molecular weight excluding hydrogens is 431 g/mol. The summed E-state index contributed by atoms with van der Waals surface area (Å²) in [4.78, 5) is 39.4. The minimum absolute atomic E-state index is 0.0334. The van der Waals surface area contributed by atoms with Crippen molar-refractivity contribution in [2.45, 2.75) is 18.9 Å². The van der Waals surface area contributed by atoms with Gasteiger partial charge in [0.1, 0.15) is 17.4 Å². The number of benzene rings is 2. The molecule has 4 N–H and O–H groups in total. The minimum atomic E-state index is -1.12. The quantitative estimate of drug-likeness (QED) is 0.216. The van der Waals surface area contributed by atoms with Gasteiger partial charge in [0.2, 0.25) is 0 Å². The molecule has 0 aliphatic carbocycles. The lowest BCUT2D eigenvalue weighted by Crippen LogP contribution is -2.55. The number of nitrogens with zero attached hydrogens (tertiary/aromatic N) is 2. The van der Waals surface area contributed by atoms with E-state index in [1.54, 1.807) is 24.3 Å². The zero-order valence-corrected chi connectivity index (χ0v) is 17.9. The molecule has 1 unspecified atom stereocenters. The van der Waals surface area contributed by atoms with Crippen molar-refractivity contribution in [3.63, 3.8) is 0 Å². The molecule has 174 valence electrons. The molecule has 2 amide bonds. The van der Waals surface area contributed by atoms with Crippen molar-refractivity contribution >= 4 is 23.6 Å². The van der Waals surface area contributed by atoms with Gasteiger partial charge in [-0.1, -0.05) is 12.1 Å². The van der Waals surface area contributed by atoms with Crippen LogP contribution in [-0.4, -0.2) is 64.8 Å². The number of halogens is 1. The summed E-state index contributed by atoms with van der Waals surface area (Å²) in [7, 11) is 0. The molecule has 1 aliphatic heterocycles. The Kier molecular flexibility index (Phi) is 7.60. The summed E-state index contributed by atoms with van der Waals surface area (Å²) >= 11 is 0. The lowest BCUT2D eigenvalue weighted by atomic mass is 10.0. The number of carboxylic acid groups (broad SMARTS) is 1. The van der Waals surface area contributed by atoms with Gasteiger partial charge in [-0.2, -0.15) is 0 Å². The number of hydrogen-bond acceptors (Lipinski definition) is 5. The summed E-state index contributed by atoms with van der Waals surface area (Å²) in [5.41, 5.74) is 6.46. The molecule has 1 fully saturated rings. The van der Waals surface area contributed by atoms with Crippen molar-refractivity contribution < 1.29 is 28.6 Å². The smallest absolute Gasteiger partial charge is 0.312 e. The molecule has 2 aromatic rings. The molecule has 1 heterocycles. The topological polar surface area (TPSA) is 137 Å². The SMILES string of the molecule is N=C(N)c1ccc(OCCCN2CCN(C(CC(=O)O)c3ccc(F)cc3)C(=O)C2=O)cc1. The predicted octanol–water partition coefficient (Wildman–Crippen LogP) is 1.77. The Morgan fingerprint density at radius 3 is 2.36 bits per heavy atom. The number of rotatable bonds is 10. The lowest BCUT2D eigenvalue weighted by molar-refractivity contribution is -0.159. The summed E-state index contributed by atoms with van der Waals surface area (Å²) in [6.45, 7) is 1.06. The number of nitrogens with one attached hydrogen (secondary N) is 1. The molecule has 9 nitrogen and oxygen atoms in total. The van der Waals surface area contributed by atoms with Crippen LogP contribution in [0.4, 0.5) is 4.39 Å². The van der Waals surface area contributed by atoms with Gasteiger partial charge in [0.15, 0.2) is 0 Å². The normalized spacial score (nSPS) is 14.8. The van der Waals surface area contributed by atoms with E-state index >= 15 is 0 Å². The molecule has 0 spiro atoms. The number of nitrogen functional groups attached to an aromatic ring is 1. The highest BCUT2D eigenvalue weighted by Crippen LogP contribution is 2.27. The average molecular weight is 456 g/mol. The Labute approximate surface area is 190 Å². The number of carbonyl (C=O) groups is 3. The largest absolute Gasteiger partial charge is 0.494 e. The van der Waals surface area contributed by atoms with E-state index in [1.807, 2.05) is 0 Å². The Hall–Kier alpha value is -3.95. The third-order valence-electron chi connectivity index (χ3n) is 5.35. The molecular formula is C23H25FN4O5. The van der Waals surface area contributed by atoms with Crippen LogP contribution in [0.15, 0.2) is 48.5 Å². The second kappa shape index (κ2) is 10.6. The first-order valence-corrected chi connectivity index (χ1v) is 10.4. The number of carbonyl (C=O) groups excluding carboxylic acids is 2. The van der Waals surface area contributed by atoms with E-state index in [4.69, 9.17) is 15.9 Å². The standard InChI is InChI=1S/C23H25FN4O5/c24-17-6-2-15(3-7-17)19(14-20(29)30)28-12-11-27(22(31)23(28)32)10-1-13-33-18-8-4-16(5-9-18)21(25)26/h2-9,19H,1,10-14H2,(H3,25,26)(H,29,30). The summed E-state index contributed by atoms with van der Waals surface area (Å²) in [5, 5.41) is 16.7. The first-order valence-electron chi connectivity index (χ1n) is 10.4. The van der Waals surface area contributed by atoms with E-state index in [9.17, 15) is 23.9 Å². The van der Waals surface area contributed by atoms with Crippen LogP contribution < -0.4 is 10.5 Å². The van der Waals surface area contributed by atoms with Gasteiger partial charge in [0.05, 0.1) is 19.1 Å². The van der Waals surface area contributed by atoms with Crippen LogP contribution in [-0.2, 0) is 14.4 Å². The van der Waals surface area contributed by atoms with Crippen LogP contribution in [0.5, 0.6) is 5.75 Å². The van der Waals surface area contributed by atoms with Crippen molar-refractivity contribution in [1.29, 1.82) is 5.41 Å². The van der Waals surface area contributed by atoms with E-state index in [0.29, 0.717) is 36.4 Å². The van der Waals surface area contributed by atoms with Gasteiger partial charge >= 0.3 is 17.8 Å². The van der Waals surface area contributed by atoms with E-state index in [2.05, 4.69) is 0 Å². The number of nitrogens with two attached hydrogens (primary N) is 1. The van der Waals surface area contributed by atoms with Gasteiger partial charge < -0.3 is 25.4 Å². The van der Waals surface area contributed by atoms with Gasteiger partial charge in [0.25, 0.3) is 0 Å². The fourth-order valence-electron chi connectivity index (χ4n) is 3.63. The Bertz CT molecular complexity index is 1030. The lowest BCUT2D eigenvalue weighted by Gasteiger charge is -2.38.